The van der Waals surface area contributed by atoms with Crippen LogP contribution in [0.1, 0.15) is 38.8 Å². The van der Waals surface area contributed by atoms with Gasteiger partial charge < -0.3 is 10.4 Å². The molecule has 0 aliphatic rings. The molecule has 2 N–H and O–H groups in total. The second-order valence-electron chi connectivity index (χ2n) is 6.52. The first-order valence-corrected chi connectivity index (χ1v) is 7.28. The van der Waals surface area contributed by atoms with Gasteiger partial charge in [0.1, 0.15) is 0 Å². The van der Waals surface area contributed by atoms with Gasteiger partial charge in [0, 0.05) is 30.4 Å². The Labute approximate surface area is 127 Å². The van der Waals surface area contributed by atoms with Crippen molar-refractivity contribution in [3.8, 4) is 0 Å². The first-order chi connectivity index (χ1) is 9.72. The number of aliphatic hydroxyl groups excluding tert-OH is 1. The van der Waals surface area contributed by atoms with Gasteiger partial charge in [-0.05, 0) is 36.1 Å². The molecule has 0 aromatic carbocycles. The van der Waals surface area contributed by atoms with Gasteiger partial charge in [-0.1, -0.05) is 27.7 Å². The SMILES string of the molecule is Cc1cncc(/C=C/C(=O)NCC(C)(C)C(O)C(C)C)c1. The van der Waals surface area contributed by atoms with Gasteiger partial charge in [-0.2, -0.15) is 0 Å². The number of nitrogens with zero attached hydrogens (tertiary/aromatic N) is 1. The van der Waals surface area contributed by atoms with Crippen LogP contribution in [0.25, 0.3) is 6.08 Å². The van der Waals surface area contributed by atoms with E-state index in [4.69, 9.17) is 0 Å². The van der Waals surface area contributed by atoms with Gasteiger partial charge in [0.25, 0.3) is 0 Å². The molecule has 0 saturated carbocycles. The normalized spacial score (nSPS) is 13.7. The minimum atomic E-state index is -0.456. The Bertz CT molecular complexity index is 507. The van der Waals surface area contributed by atoms with E-state index < -0.39 is 6.10 Å². The molecule has 116 valence electrons. The first kappa shape index (κ1) is 17.4. The lowest BCUT2D eigenvalue weighted by molar-refractivity contribution is -0.117. The number of amides is 1. The van der Waals surface area contributed by atoms with Crippen molar-refractivity contribution in [3.05, 3.63) is 35.7 Å². The van der Waals surface area contributed by atoms with Gasteiger partial charge in [0.15, 0.2) is 0 Å². The maximum atomic E-state index is 11.8. The number of carbonyl (C=O) groups excluding carboxylic acids is 1. The predicted octanol–water partition coefficient (Wildman–Crippen LogP) is 2.56. The second-order valence-corrected chi connectivity index (χ2v) is 6.52. The van der Waals surface area contributed by atoms with E-state index in [2.05, 4.69) is 10.3 Å². The average molecular weight is 290 g/mol. The Morgan fingerprint density at radius 1 is 1.43 bits per heavy atom. The molecule has 1 aromatic heterocycles. The van der Waals surface area contributed by atoms with Crippen LogP contribution in [0.4, 0.5) is 0 Å². The molecule has 1 heterocycles. The van der Waals surface area contributed by atoms with Crippen LogP contribution in [-0.4, -0.2) is 28.6 Å². The van der Waals surface area contributed by atoms with Crippen molar-refractivity contribution in [2.45, 2.75) is 40.7 Å². The zero-order chi connectivity index (χ0) is 16.0. The predicted molar refractivity (Wildman–Crippen MR) is 85.6 cm³/mol. The van der Waals surface area contributed by atoms with Gasteiger partial charge in [0.2, 0.25) is 5.91 Å². The lowest BCUT2D eigenvalue weighted by atomic mass is 9.81. The number of pyridine rings is 1. The van der Waals surface area contributed by atoms with Crippen molar-refractivity contribution in [1.29, 1.82) is 0 Å². The van der Waals surface area contributed by atoms with Crippen LogP contribution in [0.3, 0.4) is 0 Å². The van der Waals surface area contributed by atoms with E-state index in [1.165, 1.54) is 6.08 Å². The minimum absolute atomic E-state index is 0.158. The third kappa shape index (κ3) is 5.68. The first-order valence-electron chi connectivity index (χ1n) is 7.28. The van der Waals surface area contributed by atoms with E-state index in [-0.39, 0.29) is 17.2 Å². The molecule has 1 amide bonds. The van der Waals surface area contributed by atoms with Gasteiger partial charge in [-0.3, -0.25) is 9.78 Å². The van der Waals surface area contributed by atoms with Crippen molar-refractivity contribution in [2.24, 2.45) is 11.3 Å². The smallest absolute Gasteiger partial charge is 0.244 e. The largest absolute Gasteiger partial charge is 0.392 e. The van der Waals surface area contributed by atoms with Crippen LogP contribution < -0.4 is 5.32 Å². The molecule has 4 heteroatoms. The molecule has 0 saturated heterocycles. The summed E-state index contributed by atoms with van der Waals surface area (Å²) in [6.45, 7) is 10.2. The number of rotatable bonds is 6. The summed E-state index contributed by atoms with van der Waals surface area (Å²) in [6, 6.07) is 1.96. The van der Waals surface area contributed by atoms with Gasteiger partial charge >= 0.3 is 0 Å². The zero-order valence-electron chi connectivity index (χ0n) is 13.6. The summed E-state index contributed by atoms with van der Waals surface area (Å²) >= 11 is 0. The van der Waals surface area contributed by atoms with Crippen LogP contribution >= 0.6 is 0 Å². The fourth-order valence-electron chi connectivity index (χ4n) is 2.22. The van der Waals surface area contributed by atoms with Gasteiger partial charge in [0.05, 0.1) is 6.10 Å². The van der Waals surface area contributed by atoms with Crippen LogP contribution in [0, 0.1) is 18.3 Å². The van der Waals surface area contributed by atoms with E-state index in [1.54, 1.807) is 18.5 Å². The molecule has 0 fully saturated rings. The molecular formula is C17H26N2O2. The fraction of sp³-hybridized carbons (Fsp3) is 0.529. The van der Waals surface area contributed by atoms with E-state index in [0.29, 0.717) is 6.54 Å². The van der Waals surface area contributed by atoms with Crippen LogP contribution in [-0.2, 0) is 4.79 Å². The average Bonchev–Trinajstić information content (AvgIpc) is 2.42. The monoisotopic (exact) mass is 290 g/mol. The van der Waals surface area contributed by atoms with Crippen molar-refractivity contribution >= 4 is 12.0 Å². The number of aliphatic hydroxyl groups is 1. The second kappa shape index (κ2) is 7.36. The third-order valence-corrected chi connectivity index (χ3v) is 3.47. The number of nitrogens with one attached hydrogen (secondary N) is 1. The Hall–Kier alpha value is -1.68. The highest BCUT2D eigenvalue weighted by molar-refractivity contribution is 5.91. The third-order valence-electron chi connectivity index (χ3n) is 3.47. The fourth-order valence-corrected chi connectivity index (χ4v) is 2.22. The van der Waals surface area contributed by atoms with Crippen molar-refractivity contribution in [1.82, 2.24) is 10.3 Å². The Kier molecular flexibility index (Phi) is 6.09. The highest BCUT2D eigenvalue weighted by Crippen LogP contribution is 2.24. The molecule has 1 rings (SSSR count). The Morgan fingerprint density at radius 3 is 2.67 bits per heavy atom. The molecule has 0 aliphatic carbocycles. The molecule has 21 heavy (non-hydrogen) atoms. The number of hydrogen-bond acceptors (Lipinski definition) is 3. The molecule has 0 bridgehead atoms. The molecule has 1 aromatic rings. The van der Waals surface area contributed by atoms with E-state index in [1.807, 2.05) is 40.7 Å². The lowest BCUT2D eigenvalue weighted by Gasteiger charge is -2.33. The van der Waals surface area contributed by atoms with E-state index in [9.17, 15) is 9.90 Å². The van der Waals surface area contributed by atoms with Crippen LogP contribution in [0.2, 0.25) is 0 Å². The summed E-state index contributed by atoms with van der Waals surface area (Å²) in [7, 11) is 0. The topological polar surface area (TPSA) is 62.2 Å². The number of carbonyl (C=O) groups is 1. The van der Waals surface area contributed by atoms with Crippen LogP contribution in [0.5, 0.6) is 0 Å². The molecule has 1 unspecified atom stereocenters. The Balaban J connectivity index is 2.55. The van der Waals surface area contributed by atoms with E-state index >= 15 is 0 Å². The lowest BCUT2D eigenvalue weighted by Crippen LogP contribution is -2.43. The molecule has 0 aliphatic heterocycles. The number of aryl methyl sites for hydroxylation is 1. The van der Waals surface area contributed by atoms with Crippen LogP contribution in [0.15, 0.2) is 24.5 Å². The highest BCUT2D eigenvalue weighted by Gasteiger charge is 2.30. The number of hydrogen-bond donors (Lipinski definition) is 2. The summed E-state index contributed by atoms with van der Waals surface area (Å²) in [5.74, 6) is -0.00801. The summed E-state index contributed by atoms with van der Waals surface area (Å²) in [6.07, 6.45) is 6.26. The molecule has 4 nitrogen and oxygen atoms in total. The zero-order valence-corrected chi connectivity index (χ0v) is 13.6. The van der Waals surface area contributed by atoms with E-state index in [0.717, 1.165) is 11.1 Å². The standard InChI is InChI=1S/C17H26N2O2/c1-12(2)16(21)17(4,5)11-19-15(20)7-6-14-8-13(3)9-18-10-14/h6-10,12,16,21H,11H2,1-5H3,(H,19,20)/b7-6+. The highest BCUT2D eigenvalue weighted by atomic mass is 16.3. The summed E-state index contributed by atoms with van der Waals surface area (Å²) in [5.41, 5.74) is 1.59. The number of aromatic nitrogens is 1. The quantitative estimate of drug-likeness (QED) is 0.792. The summed E-state index contributed by atoms with van der Waals surface area (Å²) < 4.78 is 0. The molecule has 0 radical (unpaired) electrons. The van der Waals surface area contributed by atoms with Gasteiger partial charge in [-0.15, -0.1) is 0 Å². The maximum absolute atomic E-state index is 11.8. The van der Waals surface area contributed by atoms with Gasteiger partial charge in [-0.25, -0.2) is 0 Å². The van der Waals surface area contributed by atoms with Crippen molar-refractivity contribution in [2.75, 3.05) is 6.54 Å². The minimum Gasteiger partial charge on any atom is -0.392 e. The van der Waals surface area contributed by atoms with Crippen molar-refractivity contribution < 1.29 is 9.90 Å². The molecule has 1 atom stereocenters. The molecular weight excluding hydrogens is 264 g/mol. The summed E-state index contributed by atoms with van der Waals surface area (Å²) in [5, 5.41) is 13.0. The molecule has 0 spiro atoms. The van der Waals surface area contributed by atoms with Crippen molar-refractivity contribution in [3.63, 3.8) is 0 Å². The maximum Gasteiger partial charge on any atom is 0.244 e. The Morgan fingerprint density at radius 2 is 2.10 bits per heavy atom. The summed E-state index contributed by atoms with van der Waals surface area (Å²) in [4.78, 5) is 15.9.